The van der Waals surface area contributed by atoms with Crippen LogP contribution in [0.5, 0.6) is 11.6 Å². The maximum absolute atomic E-state index is 6.22. The fraction of sp³-hybridized carbons (Fsp3) is 0.286. The number of halogens is 1. The van der Waals surface area contributed by atoms with Crippen molar-refractivity contribution in [3.8, 4) is 11.6 Å². The quantitative estimate of drug-likeness (QED) is 0.923. The molecule has 0 saturated carbocycles. The summed E-state index contributed by atoms with van der Waals surface area (Å²) in [5.41, 5.74) is 7.68. The molecule has 0 saturated heterocycles. The molecule has 1 aromatic heterocycles. The minimum Gasteiger partial charge on any atom is -0.436 e. The Hall–Kier alpha value is -1.81. The van der Waals surface area contributed by atoms with Crippen LogP contribution in [0.1, 0.15) is 30.9 Å². The molecule has 1 aromatic carbocycles. The molecule has 2 aromatic rings. The lowest BCUT2D eigenvalue weighted by molar-refractivity contribution is 0.459. The van der Waals surface area contributed by atoms with Gasteiger partial charge < -0.3 is 10.5 Å². The van der Waals surface area contributed by atoms with Crippen molar-refractivity contribution in [2.75, 3.05) is 5.73 Å². The lowest BCUT2D eigenvalue weighted by atomic mass is 10.0. The van der Waals surface area contributed by atoms with Gasteiger partial charge in [0.1, 0.15) is 5.75 Å². The van der Waals surface area contributed by atoms with E-state index in [-0.39, 0.29) is 5.82 Å². The summed E-state index contributed by atoms with van der Waals surface area (Å²) in [6.07, 6.45) is 3.07. The van der Waals surface area contributed by atoms with E-state index in [1.165, 1.54) is 6.20 Å². The number of nitrogens with zero attached hydrogens (tertiary/aromatic N) is 2. The van der Waals surface area contributed by atoms with E-state index in [2.05, 4.69) is 23.8 Å². The molecule has 19 heavy (non-hydrogen) atoms. The number of anilines is 1. The van der Waals surface area contributed by atoms with Crippen molar-refractivity contribution in [1.29, 1.82) is 0 Å². The summed E-state index contributed by atoms with van der Waals surface area (Å²) in [6, 6.07) is 3.81. The molecule has 4 nitrogen and oxygen atoms in total. The number of nitrogens with two attached hydrogens (primary N) is 1. The van der Waals surface area contributed by atoms with Gasteiger partial charge in [0.25, 0.3) is 5.88 Å². The number of aryl methyl sites for hydroxylation is 1. The zero-order valence-electron chi connectivity index (χ0n) is 11.1. The molecule has 0 fully saturated rings. The Balaban J connectivity index is 2.40. The summed E-state index contributed by atoms with van der Waals surface area (Å²) >= 11 is 6.22. The zero-order chi connectivity index (χ0) is 14.0. The first-order valence-corrected chi connectivity index (χ1v) is 6.41. The Morgan fingerprint density at radius 3 is 2.53 bits per heavy atom. The minimum atomic E-state index is 0.267. The van der Waals surface area contributed by atoms with Gasteiger partial charge >= 0.3 is 0 Å². The van der Waals surface area contributed by atoms with E-state index in [0.29, 0.717) is 17.5 Å². The largest absolute Gasteiger partial charge is 0.436 e. The van der Waals surface area contributed by atoms with E-state index < -0.39 is 0 Å². The highest BCUT2D eigenvalue weighted by molar-refractivity contribution is 6.31. The number of benzene rings is 1. The van der Waals surface area contributed by atoms with Gasteiger partial charge in [0.2, 0.25) is 0 Å². The second kappa shape index (κ2) is 5.45. The van der Waals surface area contributed by atoms with Gasteiger partial charge in [-0.25, -0.2) is 9.97 Å². The Morgan fingerprint density at radius 2 is 1.89 bits per heavy atom. The molecule has 100 valence electrons. The van der Waals surface area contributed by atoms with E-state index in [1.807, 2.05) is 19.1 Å². The summed E-state index contributed by atoms with van der Waals surface area (Å²) in [6.45, 7) is 6.09. The molecular weight excluding hydrogens is 262 g/mol. The van der Waals surface area contributed by atoms with E-state index in [0.717, 1.165) is 16.1 Å². The van der Waals surface area contributed by atoms with Crippen LogP contribution in [0.4, 0.5) is 5.82 Å². The van der Waals surface area contributed by atoms with Gasteiger partial charge in [-0.2, -0.15) is 0 Å². The van der Waals surface area contributed by atoms with Crippen molar-refractivity contribution < 1.29 is 4.74 Å². The van der Waals surface area contributed by atoms with Gasteiger partial charge in [0.05, 0.1) is 0 Å². The van der Waals surface area contributed by atoms with Crippen LogP contribution in [-0.2, 0) is 0 Å². The SMILES string of the molecule is Cc1cc(Cl)c(C(C)C)cc1Oc1nccnc1N. The molecule has 0 aliphatic heterocycles. The standard InChI is InChI=1S/C14H16ClN3O/c1-8(2)10-7-12(9(3)6-11(10)15)19-14-13(16)17-4-5-18-14/h4-8H,1-3H3,(H2,16,17). The van der Waals surface area contributed by atoms with Gasteiger partial charge in [-0.3, -0.25) is 0 Å². The smallest absolute Gasteiger partial charge is 0.262 e. The molecule has 0 bridgehead atoms. The average molecular weight is 278 g/mol. The Kier molecular flexibility index (Phi) is 3.90. The van der Waals surface area contributed by atoms with Crippen molar-refractivity contribution in [3.63, 3.8) is 0 Å². The highest BCUT2D eigenvalue weighted by Crippen LogP contribution is 2.34. The zero-order valence-corrected chi connectivity index (χ0v) is 11.9. The molecule has 2 rings (SSSR count). The number of hydrogen-bond donors (Lipinski definition) is 1. The van der Waals surface area contributed by atoms with E-state index >= 15 is 0 Å². The minimum absolute atomic E-state index is 0.267. The van der Waals surface area contributed by atoms with E-state index in [1.54, 1.807) is 6.20 Å². The van der Waals surface area contributed by atoms with Gasteiger partial charge in [-0.1, -0.05) is 25.4 Å². The van der Waals surface area contributed by atoms with E-state index in [4.69, 9.17) is 22.1 Å². The van der Waals surface area contributed by atoms with Crippen molar-refractivity contribution in [1.82, 2.24) is 9.97 Å². The number of aromatic nitrogens is 2. The van der Waals surface area contributed by atoms with Gasteiger partial charge in [-0.05, 0) is 36.1 Å². The molecule has 0 atom stereocenters. The summed E-state index contributed by atoms with van der Waals surface area (Å²) in [5.74, 6) is 1.58. The fourth-order valence-corrected chi connectivity index (χ4v) is 2.18. The number of ether oxygens (including phenoxy) is 1. The Labute approximate surface area is 117 Å². The van der Waals surface area contributed by atoms with Gasteiger partial charge in [0, 0.05) is 17.4 Å². The summed E-state index contributed by atoms with van der Waals surface area (Å²) in [5, 5.41) is 0.743. The fourth-order valence-electron chi connectivity index (χ4n) is 1.74. The summed E-state index contributed by atoms with van der Waals surface area (Å²) in [4.78, 5) is 8.01. The first kappa shape index (κ1) is 13.6. The third-order valence-electron chi connectivity index (χ3n) is 2.81. The lowest BCUT2D eigenvalue weighted by Crippen LogP contribution is -1.99. The van der Waals surface area contributed by atoms with Crippen LogP contribution in [0.2, 0.25) is 5.02 Å². The summed E-state index contributed by atoms with van der Waals surface area (Å²) in [7, 11) is 0. The molecular formula is C14H16ClN3O. The molecule has 0 aliphatic rings. The van der Waals surface area contributed by atoms with Crippen molar-refractivity contribution >= 4 is 17.4 Å². The molecule has 0 radical (unpaired) electrons. The predicted octanol–water partition coefficient (Wildman–Crippen LogP) is 3.94. The van der Waals surface area contributed by atoms with Crippen molar-refractivity contribution in [2.24, 2.45) is 0 Å². The van der Waals surface area contributed by atoms with Crippen LogP contribution in [0.25, 0.3) is 0 Å². The Bertz CT molecular complexity index is 599. The molecule has 5 heteroatoms. The highest BCUT2D eigenvalue weighted by Gasteiger charge is 2.12. The second-order valence-corrected chi connectivity index (χ2v) is 5.05. The first-order chi connectivity index (χ1) is 8.99. The topological polar surface area (TPSA) is 61.0 Å². The number of hydrogen-bond acceptors (Lipinski definition) is 4. The predicted molar refractivity (Wildman–Crippen MR) is 76.8 cm³/mol. The molecule has 1 heterocycles. The molecule has 0 unspecified atom stereocenters. The van der Waals surface area contributed by atoms with Gasteiger partial charge in [-0.15, -0.1) is 0 Å². The van der Waals surface area contributed by atoms with Crippen LogP contribution in [0.15, 0.2) is 24.5 Å². The van der Waals surface area contributed by atoms with Gasteiger partial charge in [0.15, 0.2) is 5.82 Å². The molecule has 2 N–H and O–H groups in total. The molecule has 0 amide bonds. The molecule has 0 spiro atoms. The van der Waals surface area contributed by atoms with Crippen LogP contribution in [0, 0.1) is 6.92 Å². The van der Waals surface area contributed by atoms with Crippen LogP contribution in [-0.4, -0.2) is 9.97 Å². The van der Waals surface area contributed by atoms with Crippen LogP contribution < -0.4 is 10.5 Å². The summed E-state index contributed by atoms with van der Waals surface area (Å²) < 4.78 is 5.73. The van der Waals surface area contributed by atoms with Crippen LogP contribution in [0.3, 0.4) is 0 Å². The van der Waals surface area contributed by atoms with Crippen LogP contribution >= 0.6 is 11.6 Å². The molecule has 0 aliphatic carbocycles. The maximum Gasteiger partial charge on any atom is 0.262 e. The average Bonchev–Trinajstić information content (AvgIpc) is 2.34. The normalized spacial score (nSPS) is 10.8. The van der Waals surface area contributed by atoms with E-state index in [9.17, 15) is 0 Å². The first-order valence-electron chi connectivity index (χ1n) is 6.03. The third-order valence-corrected chi connectivity index (χ3v) is 3.14. The number of rotatable bonds is 3. The highest BCUT2D eigenvalue weighted by atomic mass is 35.5. The third kappa shape index (κ3) is 2.96. The van der Waals surface area contributed by atoms with Crippen molar-refractivity contribution in [2.45, 2.75) is 26.7 Å². The maximum atomic E-state index is 6.22. The number of nitrogen functional groups attached to an aromatic ring is 1. The van der Waals surface area contributed by atoms with Crippen molar-refractivity contribution in [3.05, 3.63) is 40.7 Å². The lowest BCUT2D eigenvalue weighted by Gasteiger charge is -2.14. The Morgan fingerprint density at radius 1 is 1.21 bits per heavy atom. The second-order valence-electron chi connectivity index (χ2n) is 4.64. The monoisotopic (exact) mass is 277 g/mol.